The Balaban J connectivity index is 1.87. The van der Waals surface area contributed by atoms with Crippen molar-refractivity contribution in [2.75, 3.05) is 13.2 Å². The maximum absolute atomic E-state index is 6.32. The molecular weight excluding hydrogens is 238 g/mol. The number of ether oxygens (including phenoxy) is 1. The maximum atomic E-state index is 6.32. The van der Waals surface area contributed by atoms with Gasteiger partial charge in [-0.25, -0.2) is 0 Å². The van der Waals surface area contributed by atoms with Gasteiger partial charge in [0, 0.05) is 31.0 Å². The van der Waals surface area contributed by atoms with Crippen LogP contribution in [0.15, 0.2) is 24.3 Å². The lowest BCUT2D eigenvalue weighted by Crippen LogP contribution is -2.32. The minimum absolute atomic E-state index is 0.145. The first-order chi connectivity index (χ1) is 9.29. The Morgan fingerprint density at radius 3 is 3.05 bits per heavy atom. The average Bonchev–Trinajstić information content (AvgIpc) is 3.07. The Kier molecular flexibility index (Phi) is 3.53. The van der Waals surface area contributed by atoms with Crippen molar-refractivity contribution in [1.29, 1.82) is 0 Å². The van der Waals surface area contributed by atoms with E-state index in [2.05, 4.69) is 35.9 Å². The molecule has 1 fully saturated rings. The highest BCUT2D eigenvalue weighted by Crippen LogP contribution is 2.23. The van der Waals surface area contributed by atoms with E-state index in [9.17, 15) is 0 Å². The van der Waals surface area contributed by atoms with Gasteiger partial charge in [-0.3, -0.25) is 4.68 Å². The lowest BCUT2D eigenvalue weighted by Gasteiger charge is -2.16. The van der Waals surface area contributed by atoms with E-state index in [1.807, 2.05) is 0 Å². The highest BCUT2D eigenvalue weighted by Gasteiger charge is 2.24. The van der Waals surface area contributed by atoms with Gasteiger partial charge >= 0.3 is 0 Å². The molecule has 2 atom stereocenters. The summed E-state index contributed by atoms with van der Waals surface area (Å²) in [6.45, 7) is 4.66. The van der Waals surface area contributed by atoms with Gasteiger partial charge in [0.05, 0.1) is 17.8 Å². The predicted octanol–water partition coefficient (Wildman–Crippen LogP) is 1.96. The lowest BCUT2D eigenvalue weighted by atomic mass is 9.95. The molecule has 2 aromatic rings. The van der Waals surface area contributed by atoms with E-state index in [0.717, 1.165) is 38.3 Å². The molecule has 1 aliphatic heterocycles. The Labute approximate surface area is 113 Å². The van der Waals surface area contributed by atoms with E-state index < -0.39 is 0 Å². The van der Waals surface area contributed by atoms with Crippen molar-refractivity contribution in [3.05, 3.63) is 30.0 Å². The van der Waals surface area contributed by atoms with E-state index in [1.165, 1.54) is 10.9 Å². The molecule has 0 bridgehead atoms. The van der Waals surface area contributed by atoms with Crippen molar-refractivity contribution in [3.63, 3.8) is 0 Å². The number of benzene rings is 1. The van der Waals surface area contributed by atoms with Gasteiger partial charge in [0.2, 0.25) is 0 Å². The molecule has 0 aliphatic carbocycles. The molecule has 102 valence electrons. The van der Waals surface area contributed by atoms with Crippen molar-refractivity contribution in [2.24, 2.45) is 11.7 Å². The number of rotatable bonds is 4. The second kappa shape index (κ2) is 5.31. The fraction of sp³-hybridized carbons (Fsp3) is 0.533. The zero-order valence-electron chi connectivity index (χ0n) is 11.4. The number of hydrogen-bond acceptors (Lipinski definition) is 3. The largest absolute Gasteiger partial charge is 0.381 e. The van der Waals surface area contributed by atoms with Crippen molar-refractivity contribution in [1.82, 2.24) is 9.78 Å². The second-order valence-corrected chi connectivity index (χ2v) is 5.27. The minimum Gasteiger partial charge on any atom is -0.381 e. The summed E-state index contributed by atoms with van der Waals surface area (Å²) in [5, 5.41) is 5.95. The van der Waals surface area contributed by atoms with Crippen LogP contribution in [0.3, 0.4) is 0 Å². The summed E-state index contributed by atoms with van der Waals surface area (Å²) in [4.78, 5) is 0. The number of hydrogen-bond donors (Lipinski definition) is 1. The first-order valence-electron chi connectivity index (χ1n) is 7.07. The lowest BCUT2D eigenvalue weighted by molar-refractivity contribution is 0.180. The van der Waals surface area contributed by atoms with E-state index in [4.69, 9.17) is 15.6 Å². The number of fused-ring (bicyclic) bond motifs is 1. The first-order valence-corrected chi connectivity index (χ1v) is 7.07. The normalized spacial score (nSPS) is 21.1. The van der Waals surface area contributed by atoms with Crippen molar-refractivity contribution >= 4 is 10.9 Å². The smallest absolute Gasteiger partial charge is 0.0718 e. The summed E-state index contributed by atoms with van der Waals surface area (Å²) in [6, 6.07) is 8.54. The highest BCUT2D eigenvalue weighted by molar-refractivity contribution is 5.82. The van der Waals surface area contributed by atoms with Gasteiger partial charge in [0.1, 0.15) is 0 Å². The highest BCUT2D eigenvalue weighted by atomic mass is 16.5. The average molecular weight is 259 g/mol. The van der Waals surface area contributed by atoms with Gasteiger partial charge in [0.25, 0.3) is 0 Å². The Morgan fingerprint density at radius 1 is 1.47 bits per heavy atom. The van der Waals surface area contributed by atoms with Crippen LogP contribution in [0.1, 0.15) is 19.0 Å². The molecule has 4 nitrogen and oxygen atoms in total. The standard InChI is InChI=1S/C15H21N3O/c1-2-18-15-6-4-3-5-12(15)14(17-18)9-13(16)11-7-8-19-10-11/h3-6,11,13H,2,7-10,16H2,1H3. The number of nitrogens with two attached hydrogens (primary N) is 1. The minimum atomic E-state index is 0.145. The first kappa shape index (κ1) is 12.6. The molecule has 19 heavy (non-hydrogen) atoms. The summed E-state index contributed by atoms with van der Waals surface area (Å²) in [7, 11) is 0. The van der Waals surface area contributed by atoms with Crippen LogP contribution in [-0.2, 0) is 17.7 Å². The fourth-order valence-corrected chi connectivity index (χ4v) is 2.87. The zero-order valence-corrected chi connectivity index (χ0v) is 11.4. The van der Waals surface area contributed by atoms with Gasteiger partial charge < -0.3 is 10.5 Å². The van der Waals surface area contributed by atoms with Crippen LogP contribution in [0.2, 0.25) is 0 Å². The van der Waals surface area contributed by atoms with Gasteiger partial charge in [-0.15, -0.1) is 0 Å². The molecule has 2 N–H and O–H groups in total. The zero-order chi connectivity index (χ0) is 13.2. The molecule has 1 saturated heterocycles. The van der Waals surface area contributed by atoms with E-state index >= 15 is 0 Å². The SMILES string of the molecule is CCn1nc(CC(N)C2CCOC2)c2ccccc21. The van der Waals surface area contributed by atoms with Crippen molar-refractivity contribution in [3.8, 4) is 0 Å². The number of para-hydroxylation sites is 1. The molecule has 1 aromatic carbocycles. The molecule has 3 rings (SSSR count). The number of aromatic nitrogens is 2. The molecule has 0 radical (unpaired) electrons. The van der Waals surface area contributed by atoms with E-state index in [0.29, 0.717) is 5.92 Å². The maximum Gasteiger partial charge on any atom is 0.0718 e. The third kappa shape index (κ3) is 2.38. The quantitative estimate of drug-likeness (QED) is 0.913. The van der Waals surface area contributed by atoms with Crippen LogP contribution >= 0.6 is 0 Å². The number of aryl methyl sites for hydroxylation is 1. The summed E-state index contributed by atoms with van der Waals surface area (Å²) in [5.41, 5.74) is 8.65. The molecule has 2 unspecified atom stereocenters. The van der Waals surface area contributed by atoms with Gasteiger partial charge in [-0.05, 0) is 25.3 Å². The molecule has 1 aliphatic rings. The van der Waals surface area contributed by atoms with Gasteiger partial charge in [-0.2, -0.15) is 5.10 Å². The van der Waals surface area contributed by atoms with Gasteiger partial charge in [0.15, 0.2) is 0 Å². The summed E-state index contributed by atoms with van der Waals surface area (Å²) >= 11 is 0. The Hall–Kier alpha value is -1.39. The van der Waals surface area contributed by atoms with Crippen LogP contribution in [0, 0.1) is 5.92 Å². The molecule has 0 spiro atoms. The fourth-order valence-electron chi connectivity index (χ4n) is 2.87. The molecule has 2 heterocycles. The van der Waals surface area contributed by atoms with E-state index in [-0.39, 0.29) is 6.04 Å². The van der Waals surface area contributed by atoms with Crippen molar-refractivity contribution in [2.45, 2.75) is 32.4 Å². The van der Waals surface area contributed by atoms with Crippen LogP contribution in [0.4, 0.5) is 0 Å². The van der Waals surface area contributed by atoms with Crippen LogP contribution in [0.25, 0.3) is 10.9 Å². The summed E-state index contributed by atoms with van der Waals surface area (Å²) in [5.74, 6) is 0.477. The molecule has 1 aromatic heterocycles. The van der Waals surface area contributed by atoms with Crippen LogP contribution in [-0.4, -0.2) is 29.0 Å². The summed E-state index contributed by atoms with van der Waals surface area (Å²) in [6.07, 6.45) is 1.91. The van der Waals surface area contributed by atoms with E-state index in [1.54, 1.807) is 0 Å². The third-order valence-corrected chi connectivity index (χ3v) is 4.03. The molecule has 4 heteroatoms. The molecule has 0 saturated carbocycles. The van der Waals surface area contributed by atoms with Crippen molar-refractivity contribution < 1.29 is 4.74 Å². The van der Waals surface area contributed by atoms with Gasteiger partial charge in [-0.1, -0.05) is 18.2 Å². The molecular formula is C15H21N3O. The number of nitrogens with zero attached hydrogens (tertiary/aromatic N) is 2. The molecule has 0 amide bonds. The monoisotopic (exact) mass is 259 g/mol. The third-order valence-electron chi connectivity index (χ3n) is 4.03. The Bertz CT molecular complexity index is 558. The second-order valence-electron chi connectivity index (χ2n) is 5.27. The Morgan fingerprint density at radius 2 is 2.32 bits per heavy atom. The summed E-state index contributed by atoms with van der Waals surface area (Å²) < 4.78 is 7.48. The topological polar surface area (TPSA) is 53.1 Å². The van der Waals surface area contributed by atoms with Crippen LogP contribution < -0.4 is 5.73 Å². The predicted molar refractivity (Wildman–Crippen MR) is 76.0 cm³/mol. The van der Waals surface area contributed by atoms with Crippen LogP contribution in [0.5, 0.6) is 0 Å².